The minimum Gasteiger partial charge on any atom is -0.366 e. The van der Waals surface area contributed by atoms with E-state index in [9.17, 15) is 0 Å². The first kappa shape index (κ1) is 21.9. The third-order valence-corrected chi connectivity index (χ3v) is 7.07. The maximum absolute atomic E-state index is 2.65. The summed E-state index contributed by atoms with van der Waals surface area (Å²) in [6, 6.07) is 16.2. The van der Waals surface area contributed by atoms with Crippen LogP contribution in [0.1, 0.15) is 84.6 Å². The normalized spacial score (nSPS) is 16.8. The molecule has 0 saturated heterocycles. The van der Waals surface area contributed by atoms with E-state index in [1.54, 1.807) is 0 Å². The average molecular weight is 392 g/mol. The molecule has 2 aromatic carbocycles. The van der Waals surface area contributed by atoms with Gasteiger partial charge >= 0.3 is 0 Å². The molecule has 0 N–H and O–H groups in total. The van der Waals surface area contributed by atoms with Crippen LogP contribution >= 0.6 is 0 Å². The second kappa shape index (κ2) is 6.89. The predicted molar refractivity (Wildman–Crippen MR) is 128 cm³/mol. The second-order valence-electron chi connectivity index (χ2n) is 12.2. The molecule has 2 aromatic rings. The molecule has 0 unspecified atom stereocenters. The molecule has 1 heterocycles. The Hall–Kier alpha value is -1.76. The van der Waals surface area contributed by atoms with Crippen molar-refractivity contribution < 1.29 is 0 Å². The fourth-order valence-electron chi connectivity index (χ4n) is 5.74. The zero-order valence-corrected chi connectivity index (χ0v) is 20.4. The number of aryl methyl sites for hydroxylation is 1. The van der Waals surface area contributed by atoms with Gasteiger partial charge in [0, 0.05) is 23.2 Å². The van der Waals surface area contributed by atoms with E-state index in [1.807, 2.05) is 0 Å². The molecule has 3 rings (SSSR count). The van der Waals surface area contributed by atoms with Crippen LogP contribution in [0.25, 0.3) is 0 Å². The van der Waals surface area contributed by atoms with Gasteiger partial charge in [-0.3, -0.25) is 0 Å². The molecule has 0 bridgehead atoms. The summed E-state index contributed by atoms with van der Waals surface area (Å²) in [6.07, 6.45) is 0.995. The lowest BCUT2D eigenvalue weighted by atomic mass is 9.52. The van der Waals surface area contributed by atoms with E-state index >= 15 is 0 Å². The SMILES string of the molecule is Cc1cccc(Cc2ccc3c(c2)C(C(C)(C)C)(C(C)(C)C)CN3C(C)(C)C)c1. The number of hydrogen-bond donors (Lipinski definition) is 0. The highest BCUT2D eigenvalue weighted by Gasteiger charge is 2.58. The standard InChI is InChI=1S/C28H41N/c1-20-12-11-13-21(16-20)17-22-14-15-24-23(18-22)28(25(2,3)4,26(5,6)7)19-29(24)27(8,9)10/h11-16,18H,17,19H2,1-10H3. The van der Waals surface area contributed by atoms with E-state index in [4.69, 9.17) is 0 Å². The summed E-state index contributed by atoms with van der Waals surface area (Å²) >= 11 is 0. The van der Waals surface area contributed by atoms with Gasteiger partial charge in [0.2, 0.25) is 0 Å². The second-order valence-corrected chi connectivity index (χ2v) is 12.2. The lowest BCUT2D eigenvalue weighted by Gasteiger charge is -2.53. The van der Waals surface area contributed by atoms with Crippen molar-refractivity contribution in [2.45, 2.75) is 86.6 Å². The van der Waals surface area contributed by atoms with Crippen molar-refractivity contribution >= 4 is 5.69 Å². The first-order chi connectivity index (χ1) is 13.2. The minimum absolute atomic E-state index is 0.0885. The zero-order chi connectivity index (χ0) is 21.8. The Morgan fingerprint density at radius 2 is 1.38 bits per heavy atom. The molecule has 1 aliphatic rings. The van der Waals surface area contributed by atoms with Crippen LogP contribution in [-0.4, -0.2) is 12.1 Å². The van der Waals surface area contributed by atoms with Crippen molar-refractivity contribution in [2.75, 3.05) is 11.4 Å². The molecule has 0 saturated carbocycles. The van der Waals surface area contributed by atoms with Crippen molar-refractivity contribution in [3.05, 3.63) is 64.7 Å². The van der Waals surface area contributed by atoms with Gasteiger partial charge in [0.15, 0.2) is 0 Å². The van der Waals surface area contributed by atoms with Gasteiger partial charge in [-0.05, 0) is 67.7 Å². The molecule has 1 nitrogen and oxygen atoms in total. The summed E-state index contributed by atoms with van der Waals surface area (Å²) in [5, 5.41) is 0. The topological polar surface area (TPSA) is 3.24 Å². The van der Waals surface area contributed by atoms with Crippen molar-refractivity contribution in [3.8, 4) is 0 Å². The van der Waals surface area contributed by atoms with Crippen LogP contribution in [0, 0.1) is 17.8 Å². The van der Waals surface area contributed by atoms with Crippen LogP contribution in [-0.2, 0) is 11.8 Å². The van der Waals surface area contributed by atoms with Gasteiger partial charge in [-0.2, -0.15) is 0 Å². The van der Waals surface area contributed by atoms with Gasteiger partial charge in [-0.1, -0.05) is 83.5 Å². The number of hydrogen-bond acceptors (Lipinski definition) is 1. The first-order valence-corrected chi connectivity index (χ1v) is 11.1. The van der Waals surface area contributed by atoms with Crippen molar-refractivity contribution in [1.82, 2.24) is 0 Å². The summed E-state index contributed by atoms with van der Waals surface area (Å²) in [5.41, 5.74) is 7.62. The minimum atomic E-state index is 0.0885. The highest BCUT2D eigenvalue weighted by atomic mass is 15.2. The van der Waals surface area contributed by atoms with E-state index < -0.39 is 0 Å². The van der Waals surface area contributed by atoms with E-state index in [1.165, 1.54) is 27.9 Å². The van der Waals surface area contributed by atoms with Gasteiger partial charge in [0.05, 0.1) is 0 Å². The Kier molecular flexibility index (Phi) is 5.22. The van der Waals surface area contributed by atoms with E-state index in [-0.39, 0.29) is 21.8 Å². The van der Waals surface area contributed by atoms with Gasteiger partial charge in [-0.25, -0.2) is 0 Å². The summed E-state index contributed by atoms with van der Waals surface area (Å²) in [7, 11) is 0. The molecule has 0 spiro atoms. The van der Waals surface area contributed by atoms with Gasteiger partial charge < -0.3 is 4.90 Å². The molecule has 0 fully saturated rings. The number of anilines is 1. The first-order valence-electron chi connectivity index (χ1n) is 11.1. The summed E-state index contributed by atoms with van der Waals surface area (Å²) in [4.78, 5) is 2.65. The third-order valence-electron chi connectivity index (χ3n) is 7.07. The Bertz CT molecular complexity index is 870. The summed E-state index contributed by atoms with van der Waals surface area (Å²) < 4.78 is 0. The lowest BCUT2D eigenvalue weighted by molar-refractivity contribution is 0.0635. The van der Waals surface area contributed by atoms with Crippen LogP contribution in [0.4, 0.5) is 5.69 Å². The van der Waals surface area contributed by atoms with Crippen LogP contribution in [0.15, 0.2) is 42.5 Å². The Balaban J connectivity index is 2.19. The molecule has 0 atom stereocenters. The van der Waals surface area contributed by atoms with Crippen LogP contribution < -0.4 is 4.90 Å². The molecule has 0 radical (unpaired) electrons. The zero-order valence-electron chi connectivity index (χ0n) is 20.4. The van der Waals surface area contributed by atoms with Crippen molar-refractivity contribution in [1.29, 1.82) is 0 Å². The number of fused-ring (bicyclic) bond motifs is 1. The predicted octanol–water partition coefficient (Wildman–Crippen LogP) is 7.53. The quantitative estimate of drug-likeness (QED) is 0.511. The van der Waals surface area contributed by atoms with Gasteiger partial charge in [0.25, 0.3) is 0 Å². The average Bonchev–Trinajstić information content (AvgIpc) is 2.90. The highest BCUT2D eigenvalue weighted by molar-refractivity contribution is 5.67. The summed E-state index contributed by atoms with van der Waals surface area (Å²) in [6.45, 7) is 24.9. The molecular weight excluding hydrogens is 350 g/mol. The molecular formula is C28H41N. The molecule has 158 valence electrons. The molecule has 0 amide bonds. The van der Waals surface area contributed by atoms with Crippen molar-refractivity contribution in [2.24, 2.45) is 10.8 Å². The largest absolute Gasteiger partial charge is 0.366 e. The Morgan fingerprint density at radius 1 is 0.793 bits per heavy atom. The van der Waals surface area contributed by atoms with Crippen LogP contribution in [0.2, 0.25) is 0 Å². The number of nitrogens with zero attached hydrogens (tertiary/aromatic N) is 1. The van der Waals surface area contributed by atoms with Gasteiger partial charge in [-0.15, -0.1) is 0 Å². The van der Waals surface area contributed by atoms with Crippen LogP contribution in [0.5, 0.6) is 0 Å². The Morgan fingerprint density at radius 3 is 1.90 bits per heavy atom. The third kappa shape index (κ3) is 3.74. The maximum Gasteiger partial charge on any atom is 0.0410 e. The fraction of sp³-hybridized carbons (Fsp3) is 0.571. The highest BCUT2D eigenvalue weighted by Crippen LogP contribution is 2.60. The van der Waals surface area contributed by atoms with Gasteiger partial charge in [0.1, 0.15) is 0 Å². The maximum atomic E-state index is 2.65. The summed E-state index contributed by atoms with van der Waals surface area (Å²) in [5.74, 6) is 0. The van der Waals surface area contributed by atoms with E-state index in [0.717, 1.165) is 13.0 Å². The molecule has 29 heavy (non-hydrogen) atoms. The Labute approximate surface area is 179 Å². The molecule has 1 heteroatoms. The number of benzene rings is 2. The van der Waals surface area contributed by atoms with E-state index in [2.05, 4.69) is 117 Å². The van der Waals surface area contributed by atoms with Crippen molar-refractivity contribution in [3.63, 3.8) is 0 Å². The fourth-order valence-corrected chi connectivity index (χ4v) is 5.74. The monoisotopic (exact) mass is 391 g/mol. The molecule has 0 aromatic heterocycles. The molecule has 1 aliphatic heterocycles. The smallest absolute Gasteiger partial charge is 0.0410 e. The lowest BCUT2D eigenvalue weighted by Crippen LogP contribution is -2.55. The molecule has 0 aliphatic carbocycles. The van der Waals surface area contributed by atoms with Crippen LogP contribution in [0.3, 0.4) is 0 Å². The number of rotatable bonds is 2. The van der Waals surface area contributed by atoms with E-state index in [0.29, 0.717) is 0 Å².